The van der Waals surface area contributed by atoms with E-state index in [2.05, 4.69) is 25.5 Å². The van der Waals surface area contributed by atoms with Gasteiger partial charge in [0.2, 0.25) is 0 Å². The van der Waals surface area contributed by atoms with Crippen LogP contribution < -0.4 is 9.03 Å². The van der Waals surface area contributed by atoms with Gasteiger partial charge in [-0.1, -0.05) is 59.7 Å². The highest BCUT2D eigenvalue weighted by molar-refractivity contribution is 7.91. The number of carbonyl (C=O) groups is 1. The average molecular weight is 498 g/mol. The van der Waals surface area contributed by atoms with Crippen molar-refractivity contribution in [2.75, 3.05) is 4.31 Å². The highest BCUT2D eigenvalue weighted by Crippen LogP contribution is 2.38. The molecule has 2 rings (SSSR count). The standard InChI is InChI=1S/C24H35N3O4S.ClH/c1-16-14-19(25-20(15-16)23(3,4)5)21(24(6,7)8)17(2)26-32(30,31)27(22(28)29)18-12-10-9-11-13-18;/h9-15,17,21,26H,1-8H3,(H,28,29);1H. The van der Waals surface area contributed by atoms with Crippen LogP contribution in [-0.4, -0.2) is 30.6 Å². The molecule has 0 bridgehead atoms. The summed E-state index contributed by atoms with van der Waals surface area (Å²) in [5.41, 5.74) is 2.28. The van der Waals surface area contributed by atoms with Crippen LogP contribution >= 0.6 is 12.4 Å². The molecule has 1 aromatic carbocycles. The van der Waals surface area contributed by atoms with Gasteiger partial charge in [-0.25, -0.2) is 4.79 Å². The molecule has 9 heteroatoms. The molecule has 33 heavy (non-hydrogen) atoms. The van der Waals surface area contributed by atoms with E-state index in [0.29, 0.717) is 4.31 Å². The van der Waals surface area contributed by atoms with Crippen LogP contribution in [0.2, 0.25) is 0 Å². The SMILES string of the molecule is Cc1cc(C(C(C)NS(=O)(=O)N(C(=O)O)c2ccccc2)C(C)(C)C)nc(C(C)(C)C)c1.Cl. The van der Waals surface area contributed by atoms with Crippen LogP contribution in [0.4, 0.5) is 10.5 Å². The Morgan fingerprint density at radius 1 is 1.06 bits per heavy atom. The first-order chi connectivity index (χ1) is 14.5. The lowest BCUT2D eigenvalue weighted by Crippen LogP contribution is -2.50. The maximum Gasteiger partial charge on any atom is 0.426 e. The van der Waals surface area contributed by atoms with E-state index in [1.165, 1.54) is 12.1 Å². The molecule has 2 unspecified atom stereocenters. The van der Waals surface area contributed by atoms with Crippen LogP contribution in [0.1, 0.15) is 71.3 Å². The van der Waals surface area contributed by atoms with Gasteiger partial charge >= 0.3 is 16.3 Å². The molecule has 0 saturated heterocycles. The second-order valence-corrected chi connectivity index (χ2v) is 11.9. The number of aryl methyl sites for hydroxylation is 1. The van der Waals surface area contributed by atoms with Crippen LogP contribution in [-0.2, 0) is 15.6 Å². The Hall–Kier alpha value is -2.16. The number of hydrogen-bond acceptors (Lipinski definition) is 4. The summed E-state index contributed by atoms with van der Waals surface area (Å²) >= 11 is 0. The zero-order valence-corrected chi connectivity index (χ0v) is 22.2. The van der Waals surface area contributed by atoms with Crippen LogP contribution in [0, 0.1) is 12.3 Å². The number of pyridine rings is 1. The number of halogens is 1. The van der Waals surface area contributed by atoms with E-state index in [0.717, 1.165) is 17.0 Å². The van der Waals surface area contributed by atoms with Crippen LogP contribution in [0.5, 0.6) is 0 Å². The van der Waals surface area contributed by atoms with E-state index in [1.54, 1.807) is 25.1 Å². The molecule has 1 amide bonds. The van der Waals surface area contributed by atoms with Crippen molar-refractivity contribution in [3.63, 3.8) is 0 Å². The fourth-order valence-electron chi connectivity index (χ4n) is 3.96. The summed E-state index contributed by atoms with van der Waals surface area (Å²) in [7, 11) is -4.38. The minimum Gasteiger partial charge on any atom is -0.464 e. The first kappa shape index (κ1) is 28.9. The molecule has 1 aromatic heterocycles. The van der Waals surface area contributed by atoms with Gasteiger partial charge in [0.25, 0.3) is 0 Å². The lowest BCUT2D eigenvalue weighted by Gasteiger charge is -2.37. The monoisotopic (exact) mass is 497 g/mol. The number of nitrogens with zero attached hydrogens (tertiary/aromatic N) is 2. The highest BCUT2D eigenvalue weighted by Gasteiger charge is 2.38. The molecule has 1 heterocycles. The summed E-state index contributed by atoms with van der Waals surface area (Å²) < 4.78 is 29.3. The normalized spacial score (nSPS) is 14.2. The van der Waals surface area contributed by atoms with Gasteiger partial charge in [0, 0.05) is 28.8 Å². The Balaban J connectivity index is 0.00000544. The summed E-state index contributed by atoms with van der Waals surface area (Å²) in [5.74, 6) is -0.301. The van der Waals surface area contributed by atoms with Crippen molar-refractivity contribution in [3.05, 3.63) is 59.4 Å². The molecule has 184 valence electrons. The quantitative estimate of drug-likeness (QED) is 0.537. The van der Waals surface area contributed by atoms with Crippen molar-refractivity contribution in [2.45, 2.75) is 72.8 Å². The highest BCUT2D eigenvalue weighted by atomic mass is 35.5. The molecule has 0 saturated carbocycles. The van der Waals surface area contributed by atoms with Crippen LogP contribution in [0.3, 0.4) is 0 Å². The number of hydrogen-bond donors (Lipinski definition) is 2. The molecule has 0 spiro atoms. The zero-order valence-electron chi connectivity index (χ0n) is 20.6. The smallest absolute Gasteiger partial charge is 0.426 e. The van der Waals surface area contributed by atoms with Crippen molar-refractivity contribution in [2.24, 2.45) is 5.41 Å². The first-order valence-electron chi connectivity index (χ1n) is 10.6. The number of para-hydroxylation sites is 1. The Morgan fingerprint density at radius 3 is 2.06 bits per heavy atom. The Bertz CT molecular complexity index is 1060. The molecule has 0 fully saturated rings. The number of amides is 1. The van der Waals surface area contributed by atoms with Gasteiger partial charge in [0.05, 0.1) is 5.69 Å². The summed E-state index contributed by atoms with van der Waals surface area (Å²) in [5, 5.41) is 9.65. The van der Waals surface area contributed by atoms with E-state index < -0.39 is 22.3 Å². The van der Waals surface area contributed by atoms with E-state index in [4.69, 9.17) is 4.98 Å². The number of carboxylic acid groups (broad SMARTS) is 1. The zero-order chi connectivity index (χ0) is 24.5. The fraction of sp³-hybridized carbons (Fsp3) is 0.500. The van der Waals surface area contributed by atoms with Gasteiger partial charge in [-0.3, -0.25) is 4.98 Å². The van der Waals surface area contributed by atoms with E-state index in [-0.39, 0.29) is 34.8 Å². The molecule has 0 aliphatic heterocycles. The second kappa shape index (κ2) is 10.4. The number of anilines is 1. The maximum atomic E-state index is 13.2. The van der Waals surface area contributed by atoms with Gasteiger partial charge in [0.1, 0.15) is 0 Å². The minimum atomic E-state index is -4.38. The average Bonchev–Trinajstić information content (AvgIpc) is 2.59. The second-order valence-electron chi connectivity index (χ2n) is 10.3. The Kier molecular flexibility index (Phi) is 9.10. The topological polar surface area (TPSA) is 99.6 Å². The van der Waals surface area contributed by atoms with Gasteiger partial charge in [-0.15, -0.1) is 12.4 Å². The minimum absolute atomic E-state index is 0. The molecular formula is C24H36ClN3O4S. The molecular weight excluding hydrogens is 462 g/mol. The molecule has 7 nitrogen and oxygen atoms in total. The summed E-state index contributed by atoms with van der Waals surface area (Å²) in [6, 6.07) is 11.2. The Labute approximate surface area is 204 Å². The molecule has 2 N–H and O–H groups in total. The first-order valence-corrected chi connectivity index (χ1v) is 12.1. The van der Waals surface area contributed by atoms with Crippen molar-refractivity contribution in [1.29, 1.82) is 0 Å². The van der Waals surface area contributed by atoms with Crippen LogP contribution in [0.15, 0.2) is 42.5 Å². The summed E-state index contributed by atoms with van der Waals surface area (Å²) in [6.45, 7) is 16.1. The van der Waals surface area contributed by atoms with E-state index in [1.807, 2.05) is 39.8 Å². The van der Waals surface area contributed by atoms with Crippen LogP contribution in [0.25, 0.3) is 0 Å². The molecule has 0 aliphatic rings. The third-order valence-electron chi connectivity index (χ3n) is 5.25. The predicted molar refractivity (Wildman–Crippen MR) is 136 cm³/mol. The largest absolute Gasteiger partial charge is 0.464 e. The number of benzene rings is 1. The summed E-state index contributed by atoms with van der Waals surface area (Å²) in [6.07, 6.45) is -1.58. The fourth-order valence-corrected chi connectivity index (χ4v) is 5.27. The predicted octanol–water partition coefficient (Wildman–Crippen LogP) is 5.65. The Morgan fingerprint density at radius 2 is 1.61 bits per heavy atom. The van der Waals surface area contributed by atoms with Crippen molar-refractivity contribution >= 4 is 34.4 Å². The van der Waals surface area contributed by atoms with Gasteiger partial charge in [-0.05, 0) is 49.1 Å². The number of aromatic nitrogens is 1. The third kappa shape index (κ3) is 7.16. The van der Waals surface area contributed by atoms with E-state index >= 15 is 0 Å². The third-order valence-corrected chi connectivity index (χ3v) is 6.77. The van der Waals surface area contributed by atoms with Crippen molar-refractivity contribution in [1.82, 2.24) is 9.71 Å². The lowest BCUT2D eigenvalue weighted by atomic mass is 9.74. The molecule has 0 radical (unpaired) electrons. The van der Waals surface area contributed by atoms with E-state index in [9.17, 15) is 18.3 Å². The lowest BCUT2D eigenvalue weighted by molar-refractivity contribution is 0.206. The summed E-state index contributed by atoms with van der Waals surface area (Å²) in [4.78, 5) is 16.8. The van der Waals surface area contributed by atoms with Crippen molar-refractivity contribution < 1.29 is 18.3 Å². The number of rotatable bonds is 6. The van der Waals surface area contributed by atoms with Gasteiger partial charge in [0.15, 0.2) is 0 Å². The maximum absolute atomic E-state index is 13.2. The van der Waals surface area contributed by atoms with Gasteiger partial charge < -0.3 is 5.11 Å². The molecule has 2 aromatic rings. The number of nitrogens with one attached hydrogen (secondary N) is 1. The van der Waals surface area contributed by atoms with Crippen molar-refractivity contribution in [3.8, 4) is 0 Å². The molecule has 2 atom stereocenters. The molecule has 0 aliphatic carbocycles. The van der Waals surface area contributed by atoms with Gasteiger partial charge in [-0.2, -0.15) is 17.4 Å².